The lowest BCUT2D eigenvalue weighted by Gasteiger charge is -2.42. The van der Waals surface area contributed by atoms with E-state index >= 15 is 0 Å². The number of likely N-dealkylation sites (tertiary alicyclic amines) is 1. The maximum Gasteiger partial charge on any atom is 0.327 e. The lowest BCUT2D eigenvalue weighted by Crippen LogP contribution is -2.56. The Balaban J connectivity index is 1.44. The zero-order valence-electron chi connectivity index (χ0n) is 17.7. The van der Waals surface area contributed by atoms with Crippen molar-refractivity contribution in [2.75, 3.05) is 33.8 Å². The number of piperidine rings is 1. The topological polar surface area (TPSA) is 53.1 Å². The molecule has 30 heavy (non-hydrogen) atoms. The zero-order chi connectivity index (χ0) is 21.1. The summed E-state index contributed by atoms with van der Waals surface area (Å²) in [5.74, 6) is 0.759. The van der Waals surface area contributed by atoms with E-state index in [9.17, 15) is 9.59 Å². The second-order valence-electron chi connectivity index (χ2n) is 8.19. The predicted octanol–water partition coefficient (Wildman–Crippen LogP) is 3.17. The van der Waals surface area contributed by atoms with E-state index in [-0.39, 0.29) is 11.9 Å². The summed E-state index contributed by atoms with van der Waals surface area (Å²) in [4.78, 5) is 31.5. The van der Waals surface area contributed by atoms with E-state index in [4.69, 9.17) is 4.74 Å². The van der Waals surface area contributed by atoms with Crippen molar-refractivity contribution in [2.24, 2.45) is 0 Å². The number of benzene rings is 2. The van der Waals surface area contributed by atoms with Crippen LogP contribution in [0, 0.1) is 0 Å². The van der Waals surface area contributed by atoms with Crippen LogP contribution < -0.4 is 4.74 Å². The number of likely N-dealkylation sites (N-methyl/N-ethyl adjacent to an activating group) is 1. The van der Waals surface area contributed by atoms with Crippen LogP contribution in [0.3, 0.4) is 0 Å². The molecule has 0 bridgehead atoms. The fraction of sp³-hybridized carbons (Fsp3) is 0.417. The monoisotopic (exact) mass is 407 g/mol. The van der Waals surface area contributed by atoms with E-state index < -0.39 is 5.54 Å². The molecule has 0 radical (unpaired) electrons. The van der Waals surface area contributed by atoms with Crippen LogP contribution in [0.4, 0.5) is 4.79 Å². The molecule has 1 spiro atoms. The summed E-state index contributed by atoms with van der Waals surface area (Å²) in [6.07, 6.45) is 2.07. The molecule has 2 fully saturated rings. The average Bonchev–Trinajstić information content (AvgIpc) is 2.96. The first-order valence-corrected chi connectivity index (χ1v) is 10.5. The Hall–Kier alpha value is -2.86. The van der Waals surface area contributed by atoms with E-state index in [0.29, 0.717) is 25.8 Å². The molecule has 2 aliphatic rings. The van der Waals surface area contributed by atoms with Gasteiger partial charge in [0.15, 0.2) is 0 Å². The molecule has 0 aliphatic carbocycles. The minimum atomic E-state index is -0.703. The summed E-state index contributed by atoms with van der Waals surface area (Å²) in [5.41, 5.74) is 1.70. The molecule has 2 heterocycles. The van der Waals surface area contributed by atoms with E-state index in [1.807, 2.05) is 35.2 Å². The number of rotatable bonds is 6. The fourth-order valence-corrected chi connectivity index (χ4v) is 4.63. The number of nitrogens with zero attached hydrogens (tertiary/aromatic N) is 3. The zero-order valence-corrected chi connectivity index (χ0v) is 17.7. The van der Waals surface area contributed by atoms with Crippen molar-refractivity contribution in [2.45, 2.75) is 31.3 Å². The van der Waals surface area contributed by atoms with Gasteiger partial charge in [0, 0.05) is 33.2 Å². The smallest absolute Gasteiger partial charge is 0.327 e. The number of imide groups is 1. The molecule has 0 saturated carbocycles. The van der Waals surface area contributed by atoms with Crippen LogP contribution in [0.15, 0.2) is 54.6 Å². The predicted molar refractivity (Wildman–Crippen MR) is 115 cm³/mol. The van der Waals surface area contributed by atoms with Crippen molar-refractivity contribution in [3.8, 4) is 5.75 Å². The molecule has 158 valence electrons. The molecule has 6 nitrogen and oxygen atoms in total. The lowest BCUT2D eigenvalue weighted by molar-refractivity contribution is -0.134. The number of hydrogen-bond acceptors (Lipinski definition) is 4. The van der Waals surface area contributed by atoms with Crippen LogP contribution in [0.5, 0.6) is 5.75 Å². The Kier molecular flexibility index (Phi) is 5.77. The van der Waals surface area contributed by atoms with Gasteiger partial charge in [0.2, 0.25) is 0 Å². The van der Waals surface area contributed by atoms with Gasteiger partial charge in [-0.2, -0.15) is 0 Å². The van der Waals surface area contributed by atoms with Gasteiger partial charge in [-0.25, -0.2) is 4.79 Å². The number of carbonyl (C=O) groups is 2. The first-order valence-electron chi connectivity index (χ1n) is 10.5. The first kappa shape index (κ1) is 20.4. The van der Waals surface area contributed by atoms with Gasteiger partial charge in [0.1, 0.15) is 11.3 Å². The third kappa shape index (κ3) is 3.79. The van der Waals surface area contributed by atoms with Gasteiger partial charge >= 0.3 is 6.03 Å². The van der Waals surface area contributed by atoms with E-state index in [1.54, 1.807) is 14.2 Å². The van der Waals surface area contributed by atoms with E-state index in [0.717, 1.165) is 30.9 Å². The SMILES string of the molecule is COc1ccc(CCN2C(=O)N(C)C(=O)C23CCN(Cc2ccccc2)CC3)cc1. The molecule has 6 heteroatoms. The molecule has 4 rings (SSSR count). The lowest BCUT2D eigenvalue weighted by atomic mass is 9.85. The summed E-state index contributed by atoms with van der Waals surface area (Å²) in [7, 11) is 3.25. The van der Waals surface area contributed by atoms with Gasteiger partial charge in [-0.05, 0) is 42.5 Å². The van der Waals surface area contributed by atoms with Crippen molar-refractivity contribution < 1.29 is 14.3 Å². The molecule has 0 atom stereocenters. The van der Waals surface area contributed by atoms with Crippen LogP contribution in [-0.4, -0.2) is 66.0 Å². The van der Waals surface area contributed by atoms with Gasteiger partial charge in [-0.3, -0.25) is 14.6 Å². The fourth-order valence-electron chi connectivity index (χ4n) is 4.63. The number of methoxy groups -OCH3 is 1. The molecule has 2 aromatic carbocycles. The number of urea groups is 1. The highest BCUT2D eigenvalue weighted by atomic mass is 16.5. The summed E-state index contributed by atoms with van der Waals surface area (Å²) < 4.78 is 5.21. The minimum Gasteiger partial charge on any atom is -0.497 e. The standard InChI is InChI=1S/C24H29N3O3/c1-25-22(28)24(13-16-26(17-14-24)18-20-6-4-3-5-7-20)27(23(25)29)15-12-19-8-10-21(30-2)11-9-19/h3-11H,12-18H2,1-2H3. The maximum atomic E-state index is 13.1. The third-order valence-corrected chi connectivity index (χ3v) is 6.45. The van der Waals surface area contributed by atoms with Gasteiger partial charge in [0.05, 0.1) is 7.11 Å². The Morgan fingerprint density at radius 3 is 2.23 bits per heavy atom. The maximum absolute atomic E-state index is 13.1. The molecule has 3 amide bonds. The van der Waals surface area contributed by atoms with Crippen molar-refractivity contribution in [3.63, 3.8) is 0 Å². The van der Waals surface area contributed by atoms with Crippen molar-refractivity contribution in [1.82, 2.24) is 14.7 Å². The van der Waals surface area contributed by atoms with Crippen LogP contribution in [-0.2, 0) is 17.8 Å². The largest absolute Gasteiger partial charge is 0.497 e. The Bertz CT molecular complexity index is 890. The number of hydrogen-bond donors (Lipinski definition) is 0. The van der Waals surface area contributed by atoms with E-state index in [2.05, 4.69) is 29.2 Å². The highest BCUT2D eigenvalue weighted by Crippen LogP contribution is 2.37. The van der Waals surface area contributed by atoms with Crippen molar-refractivity contribution >= 4 is 11.9 Å². The summed E-state index contributed by atoms with van der Waals surface area (Å²) in [6.45, 7) is 3.03. The van der Waals surface area contributed by atoms with Crippen molar-refractivity contribution in [1.29, 1.82) is 0 Å². The van der Waals surface area contributed by atoms with Gasteiger partial charge in [0.25, 0.3) is 5.91 Å². The van der Waals surface area contributed by atoms with E-state index in [1.165, 1.54) is 10.5 Å². The summed E-state index contributed by atoms with van der Waals surface area (Å²) in [5, 5.41) is 0. The quantitative estimate of drug-likeness (QED) is 0.691. The Labute approximate surface area is 178 Å². The highest BCUT2D eigenvalue weighted by molar-refractivity contribution is 6.06. The molecular formula is C24H29N3O3. The van der Waals surface area contributed by atoms with Crippen LogP contribution in [0.2, 0.25) is 0 Å². The Morgan fingerprint density at radius 1 is 0.933 bits per heavy atom. The molecule has 2 aromatic rings. The van der Waals surface area contributed by atoms with Crippen LogP contribution in [0.1, 0.15) is 24.0 Å². The molecule has 0 N–H and O–H groups in total. The highest BCUT2D eigenvalue weighted by Gasteiger charge is 2.56. The second-order valence-corrected chi connectivity index (χ2v) is 8.19. The van der Waals surface area contributed by atoms with Crippen LogP contribution >= 0.6 is 0 Å². The number of ether oxygens (including phenoxy) is 1. The minimum absolute atomic E-state index is 0.0541. The average molecular weight is 408 g/mol. The normalized spacial score (nSPS) is 19.0. The number of amides is 3. The Morgan fingerprint density at radius 2 is 1.60 bits per heavy atom. The van der Waals surface area contributed by atoms with Crippen LogP contribution in [0.25, 0.3) is 0 Å². The number of carbonyl (C=O) groups excluding carboxylic acids is 2. The summed E-state index contributed by atoms with van der Waals surface area (Å²) >= 11 is 0. The first-order chi connectivity index (χ1) is 14.5. The molecule has 2 aliphatic heterocycles. The molecular weight excluding hydrogens is 378 g/mol. The van der Waals surface area contributed by atoms with Gasteiger partial charge < -0.3 is 9.64 Å². The van der Waals surface area contributed by atoms with Crippen molar-refractivity contribution in [3.05, 3.63) is 65.7 Å². The summed E-state index contributed by atoms with van der Waals surface area (Å²) in [6, 6.07) is 18.1. The molecule has 0 unspecified atom stereocenters. The second kappa shape index (κ2) is 8.48. The molecule has 0 aromatic heterocycles. The molecule has 2 saturated heterocycles. The third-order valence-electron chi connectivity index (χ3n) is 6.45. The van der Waals surface area contributed by atoms with Gasteiger partial charge in [-0.1, -0.05) is 42.5 Å². The van der Waals surface area contributed by atoms with Gasteiger partial charge in [-0.15, -0.1) is 0 Å².